The summed E-state index contributed by atoms with van der Waals surface area (Å²) in [5.74, 6) is 0. The molecule has 23 heavy (non-hydrogen) atoms. The Morgan fingerprint density at radius 2 is 2.09 bits per heavy atom. The Hall–Kier alpha value is -1.87. The largest absolute Gasteiger partial charge is 0.335 e. The molecule has 0 atom stereocenters. The minimum atomic E-state index is -3.60. The van der Waals surface area contributed by atoms with Crippen LogP contribution in [0.2, 0.25) is 0 Å². The third kappa shape index (κ3) is 3.73. The van der Waals surface area contributed by atoms with E-state index >= 15 is 0 Å². The van der Waals surface area contributed by atoms with Gasteiger partial charge < -0.3 is 10.2 Å². The van der Waals surface area contributed by atoms with Crippen LogP contribution >= 0.6 is 0 Å². The molecule has 0 aromatic carbocycles. The highest BCUT2D eigenvalue weighted by Gasteiger charge is 2.31. The third-order valence-electron chi connectivity index (χ3n) is 3.80. The van der Waals surface area contributed by atoms with Gasteiger partial charge in [0.25, 0.3) is 0 Å². The maximum Gasteiger partial charge on any atom is 0.317 e. The zero-order chi connectivity index (χ0) is 17.0. The molecular weight excluding hydrogens is 318 g/mol. The van der Waals surface area contributed by atoms with E-state index in [0.29, 0.717) is 44.0 Å². The Bertz CT molecular complexity index is 663. The molecule has 0 spiro atoms. The Labute approximate surface area is 136 Å². The average molecular weight is 341 g/mol. The van der Waals surface area contributed by atoms with Gasteiger partial charge in [0.15, 0.2) is 0 Å². The molecule has 2 heterocycles. The molecule has 0 aliphatic carbocycles. The van der Waals surface area contributed by atoms with E-state index in [0.717, 1.165) is 0 Å². The van der Waals surface area contributed by atoms with E-state index in [1.54, 1.807) is 24.8 Å². The van der Waals surface area contributed by atoms with Gasteiger partial charge in [-0.15, -0.1) is 6.58 Å². The number of aromatic nitrogens is 2. The fourth-order valence-electron chi connectivity index (χ4n) is 2.66. The molecule has 1 fully saturated rings. The molecule has 0 unspecified atom stereocenters. The number of sulfonamides is 1. The number of aryl methyl sites for hydroxylation is 2. The van der Waals surface area contributed by atoms with E-state index in [1.807, 2.05) is 0 Å². The Morgan fingerprint density at radius 1 is 1.35 bits per heavy atom. The van der Waals surface area contributed by atoms with Crippen LogP contribution in [0.25, 0.3) is 0 Å². The van der Waals surface area contributed by atoms with Gasteiger partial charge in [-0.2, -0.15) is 9.40 Å². The molecular formula is C14H23N5O3S. The lowest BCUT2D eigenvalue weighted by Gasteiger charge is -2.22. The maximum atomic E-state index is 12.8. The van der Waals surface area contributed by atoms with Crippen molar-refractivity contribution >= 4 is 16.1 Å². The third-order valence-corrected chi connectivity index (χ3v) is 5.96. The molecule has 0 radical (unpaired) electrons. The van der Waals surface area contributed by atoms with Gasteiger partial charge in [0.1, 0.15) is 4.90 Å². The molecule has 1 aromatic rings. The normalized spacial score (nSPS) is 16.9. The van der Waals surface area contributed by atoms with Crippen LogP contribution in [0.15, 0.2) is 17.6 Å². The number of carbonyl (C=O) groups excluding carboxylic acids is 1. The SMILES string of the molecule is C=CCNC(=O)N1CCCN(S(=O)(=O)c2c(C)n[nH]c2C)CC1. The van der Waals surface area contributed by atoms with Crippen LogP contribution in [0.5, 0.6) is 0 Å². The summed E-state index contributed by atoms with van der Waals surface area (Å²) in [6, 6.07) is -0.195. The van der Waals surface area contributed by atoms with Gasteiger partial charge in [-0.3, -0.25) is 5.10 Å². The van der Waals surface area contributed by atoms with Crippen molar-refractivity contribution in [3.63, 3.8) is 0 Å². The number of urea groups is 1. The van der Waals surface area contributed by atoms with Crippen LogP contribution in [0.1, 0.15) is 17.8 Å². The van der Waals surface area contributed by atoms with Gasteiger partial charge in [0.2, 0.25) is 10.0 Å². The number of nitrogens with zero attached hydrogens (tertiary/aromatic N) is 3. The molecule has 1 saturated heterocycles. The summed E-state index contributed by atoms with van der Waals surface area (Å²) in [6.45, 7) is 8.86. The number of hydrogen-bond donors (Lipinski definition) is 2. The number of aromatic amines is 1. The zero-order valence-electron chi connectivity index (χ0n) is 13.5. The fraction of sp³-hybridized carbons (Fsp3) is 0.571. The molecule has 2 amide bonds. The van der Waals surface area contributed by atoms with Crippen LogP contribution in [-0.4, -0.2) is 66.6 Å². The highest BCUT2D eigenvalue weighted by molar-refractivity contribution is 7.89. The summed E-state index contributed by atoms with van der Waals surface area (Å²) < 4.78 is 27.1. The number of hydrogen-bond acceptors (Lipinski definition) is 4. The average Bonchev–Trinajstić information content (AvgIpc) is 2.73. The van der Waals surface area contributed by atoms with Crippen molar-refractivity contribution in [2.45, 2.75) is 25.2 Å². The van der Waals surface area contributed by atoms with E-state index in [4.69, 9.17) is 0 Å². The number of carbonyl (C=O) groups is 1. The molecule has 1 aliphatic rings. The maximum absolute atomic E-state index is 12.8. The van der Waals surface area contributed by atoms with Crippen LogP contribution in [0, 0.1) is 13.8 Å². The quantitative estimate of drug-likeness (QED) is 0.784. The van der Waals surface area contributed by atoms with Crippen molar-refractivity contribution in [1.82, 2.24) is 24.7 Å². The smallest absolute Gasteiger partial charge is 0.317 e. The van der Waals surface area contributed by atoms with Crippen molar-refractivity contribution in [3.8, 4) is 0 Å². The number of H-pyrrole nitrogens is 1. The monoisotopic (exact) mass is 341 g/mol. The molecule has 9 heteroatoms. The fourth-order valence-corrected chi connectivity index (χ4v) is 4.46. The minimum absolute atomic E-state index is 0.195. The predicted molar refractivity (Wildman–Crippen MR) is 86.6 cm³/mol. The van der Waals surface area contributed by atoms with Gasteiger partial charge in [0, 0.05) is 32.7 Å². The molecule has 0 bridgehead atoms. The van der Waals surface area contributed by atoms with Gasteiger partial charge >= 0.3 is 6.03 Å². The molecule has 1 aromatic heterocycles. The Kier molecular flexibility index (Phi) is 5.42. The van der Waals surface area contributed by atoms with Gasteiger partial charge in [-0.05, 0) is 20.3 Å². The molecule has 8 nitrogen and oxygen atoms in total. The van der Waals surface area contributed by atoms with E-state index in [2.05, 4.69) is 22.1 Å². The Morgan fingerprint density at radius 3 is 2.70 bits per heavy atom. The minimum Gasteiger partial charge on any atom is -0.335 e. The first kappa shape index (κ1) is 17.5. The first-order valence-electron chi connectivity index (χ1n) is 7.53. The molecule has 128 valence electrons. The lowest BCUT2D eigenvalue weighted by atomic mass is 10.4. The highest BCUT2D eigenvalue weighted by atomic mass is 32.2. The van der Waals surface area contributed by atoms with Crippen molar-refractivity contribution in [3.05, 3.63) is 24.0 Å². The van der Waals surface area contributed by atoms with Gasteiger partial charge in [-0.25, -0.2) is 13.2 Å². The van der Waals surface area contributed by atoms with Crippen molar-refractivity contribution in [1.29, 1.82) is 0 Å². The summed E-state index contributed by atoms with van der Waals surface area (Å²) in [7, 11) is -3.60. The van der Waals surface area contributed by atoms with Crippen molar-refractivity contribution in [2.24, 2.45) is 0 Å². The summed E-state index contributed by atoms with van der Waals surface area (Å²) in [6.07, 6.45) is 2.20. The number of amides is 2. The standard InChI is InChI=1S/C14H23N5O3S/c1-4-6-15-14(20)18-7-5-8-19(10-9-18)23(21,22)13-11(2)16-17-12(13)3/h4H,1,5-10H2,2-3H3,(H,15,20)(H,16,17). The number of rotatable bonds is 4. The predicted octanol–water partition coefficient (Wildman–Crippen LogP) is 0.619. The van der Waals surface area contributed by atoms with Gasteiger partial charge in [0.05, 0.1) is 11.4 Å². The second kappa shape index (κ2) is 7.14. The Balaban J connectivity index is 2.11. The van der Waals surface area contributed by atoms with Crippen molar-refractivity contribution < 1.29 is 13.2 Å². The summed E-state index contributed by atoms with van der Waals surface area (Å²) >= 11 is 0. The molecule has 0 saturated carbocycles. The van der Waals surface area contributed by atoms with Gasteiger partial charge in [-0.1, -0.05) is 6.08 Å². The summed E-state index contributed by atoms with van der Waals surface area (Å²) in [5, 5.41) is 9.39. The summed E-state index contributed by atoms with van der Waals surface area (Å²) in [5.41, 5.74) is 1.000. The van der Waals surface area contributed by atoms with E-state index in [1.165, 1.54) is 4.31 Å². The number of nitrogens with one attached hydrogen (secondary N) is 2. The lowest BCUT2D eigenvalue weighted by Crippen LogP contribution is -2.42. The topological polar surface area (TPSA) is 98.4 Å². The molecule has 1 aliphatic heterocycles. The van der Waals surface area contributed by atoms with E-state index < -0.39 is 10.0 Å². The highest BCUT2D eigenvalue weighted by Crippen LogP contribution is 2.22. The second-order valence-electron chi connectivity index (χ2n) is 5.48. The van der Waals surface area contributed by atoms with Crippen LogP contribution < -0.4 is 5.32 Å². The summed E-state index contributed by atoms with van der Waals surface area (Å²) in [4.78, 5) is 13.9. The van der Waals surface area contributed by atoms with Crippen LogP contribution in [0.3, 0.4) is 0 Å². The lowest BCUT2D eigenvalue weighted by molar-refractivity contribution is 0.201. The molecule has 2 N–H and O–H groups in total. The van der Waals surface area contributed by atoms with Crippen molar-refractivity contribution in [2.75, 3.05) is 32.7 Å². The first-order valence-corrected chi connectivity index (χ1v) is 8.97. The van der Waals surface area contributed by atoms with E-state index in [9.17, 15) is 13.2 Å². The first-order chi connectivity index (χ1) is 10.9. The molecule has 2 rings (SSSR count). The second-order valence-corrected chi connectivity index (χ2v) is 7.36. The zero-order valence-corrected chi connectivity index (χ0v) is 14.3. The van der Waals surface area contributed by atoms with Crippen LogP contribution in [-0.2, 0) is 10.0 Å². The van der Waals surface area contributed by atoms with E-state index in [-0.39, 0.29) is 17.5 Å². The van der Waals surface area contributed by atoms with Crippen LogP contribution in [0.4, 0.5) is 4.79 Å².